The van der Waals surface area contributed by atoms with Gasteiger partial charge in [-0.3, -0.25) is 0 Å². The van der Waals surface area contributed by atoms with Gasteiger partial charge in [0.25, 0.3) is 0 Å². The van der Waals surface area contributed by atoms with E-state index in [4.69, 9.17) is 5.11 Å². The Balaban J connectivity index is 2.16. The molecule has 0 aliphatic heterocycles. The number of nitrogens with one attached hydrogen (secondary N) is 1. The maximum absolute atomic E-state index is 12.9. The van der Waals surface area contributed by atoms with Gasteiger partial charge in [-0.25, -0.2) is 19.2 Å². The van der Waals surface area contributed by atoms with Crippen LogP contribution < -0.4 is 5.32 Å². The van der Waals surface area contributed by atoms with Crippen LogP contribution >= 0.6 is 0 Å². The number of carbonyl (C=O) groups is 1. The molecule has 0 saturated heterocycles. The summed E-state index contributed by atoms with van der Waals surface area (Å²) in [6.07, 6.45) is 2.36. The number of rotatable bonds is 3. The average molecular weight is 233 g/mol. The maximum Gasteiger partial charge on any atom is 0.338 e. The van der Waals surface area contributed by atoms with Gasteiger partial charge in [0.15, 0.2) is 0 Å². The van der Waals surface area contributed by atoms with Crippen LogP contribution in [0.1, 0.15) is 10.4 Å². The smallest absolute Gasteiger partial charge is 0.338 e. The number of halogens is 1. The van der Waals surface area contributed by atoms with Gasteiger partial charge in [0, 0.05) is 18.1 Å². The zero-order valence-corrected chi connectivity index (χ0v) is 8.59. The first-order valence-corrected chi connectivity index (χ1v) is 4.73. The molecule has 17 heavy (non-hydrogen) atoms. The van der Waals surface area contributed by atoms with Crippen molar-refractivity contribution in [1.29, 1.82) is 0 Å². The standard InChI is InChI=1S/C11H8FN3O2/c12-8-2-1-3-9(4-8)15-11-13-5-7(6-14-11)10(16)17/h1-6H,(H,16,17)(H,13,14,15). The van der Waals surface area contributed by atoms with E-state index in [-0.39, 0.29) is 17.3 Å². The summed E-state index contributed by atoms with van der Waals surface area (Å²) in [5.41, 5.74) is 0.489. The van der Waals surface area contributed by atoms with Crippen molar-refractivity contribution in [2.45, 2.75) is 0 Å². The lowest BCUT2D eigenvalue weighted by Crippen LogP contribution is -2.02. The molecule has 86 valence electrons. The summed E-state index contributed by atoms with van der Waals surface area (Å²) in [5.74, 6) is -1.26. The van der Waals surface area contributed by atoms with Crippen LogP contribution in [0.25, 0.3) is 0 Å². The first-order valence-electron chi connectivity index (χ1n) is 4.73. The molecule has 0 atom stereocenters. The van der Waals surface area contributed by atoms with E-state index in [1.165, 1.54) is 24.5 Å². The Labute approximate surface area is 96.0 Å². The molecular weight excluding hydrogens is 225 g/mol. The van der Waals surface area contributed by atoms with Crippen molar-refractivity contribution in [1.82, 2.24) is 9.97 Å². The van der Waals surface area contributed by atoms with Crippen molar-refractivity contribution in [3.8, 4) is 0 Å². The Bertz CT molecular complexity index is 543. The number of carboxylic acid groups (broad SMARTS) is 1. The zero-order valence-electron chi connectivity index (χ0n) is 8.59. The van der Waals surface area contributed by atoms with Gasteiger partial charge in [0.1, 0.15) is 5.82 Å². The van der Waals surface area contributed by atoms with Gasteiger partial charge in [-0.2, -0.15) is 0 Å². The van der Waals surface area contributed by atoms with Crippen LogP contribution in [-0.4, -0.2) is 21.0 Å². The predicted octanol–water partition coefficient (Wildman–Crippen LogP) is 2.06. The average Bonchev–Trinajstić information content (AvgIpc) is 2.29. The Morgan fingerprint density at radius 3 is 2.59 bits per heavy atom. The summed E-state index contributed by atoms with van der Waals surface area (Å²) in [6.45, 7) is 0. The normalized spacial score (nSPS) is 9.94. The highest BCUT2D eigenvalue weighted by atomic mass is 19.1. The number of anilines is 2. The topological polar surface area (TPSA) is 75.1 Å². The second kappa shape index (κ2) is 4.56. The molecule has 1 aromatic heterocycles. The van der Waals surface area contributed by atoms with Crippen LogP contribution in [0.15, 0.2) is 36.7 Å². The van der Waals surface area contributed by atoms with E-state index in [0.717, 1.165) is 0 Å². The molecule has 0 fully saturated rings. The van der Waals surface area contributed by atoms with Crippen molar-refractivity contribution in [2.75, 3.05) is 5.32 Å². The van der Waals surface area contributed by atoms with Crippen LogP contribution in [0, 0.1) is 5.82 Å². The molecule has 2 aromatic rings. The maximum atomic E-state index is 12.9. The number of aromatic nitrogens is 2. The molecular formula is C11H8FN3O2. The van der Waals surface area contributed by atoms with Gasteiger partial charge in [0.2, 0.25) is 5.95 Å². The first kappa shape index (κ1) is 11.0. The molecule has 0 saturated carbocycles. The van der Waals surface area contributed by atoms with Gasteiger partial charge in [0.05, 0.1) is 5.56 Å². The van der Waals surface area contributed by atoms with E-state index in [2.05, 4.69) is 15.3 Å². The number of hydrogen-bond donors (Lipinski definition) is 2. The van der Waals surface area contributed by atoms with Gasteiger partial charge >= 0.3 is 5.97 Å². The summed E-state index contributed by atoms with van der Waals surface area (Å²) in [5, 5.41) is 11.4. The lowest BCUT2D eigenvalue weighted by molar-refractivity contribution is 0.0696. The number of nitrogens with zero attached hydrogens (tertiary/aromatic N) is 2. The van der Waals surface area contributed by atoms with E-state index in [1.807, 2.05) is 0 Å². The third kappa shape index (κ3) is 2.75. The zero-order chi connectivity index (χ0) is 12.3. The highest BCUT2D eigenvalue weighted by Gasteiger charge is 2.04. The van der Waals surface area contributed by atoms with Crippen molar-refractivity contribution in [3.05, 3.63) is 48.0 Å². The summed E-state index contributed by atoms with van der Waals surface area (Å²) in [7, 11) is 0. The molecule has 0 unspecified atom stereocenters. The third-order valence-corrected chi connectivity index (χ3v) is 1.98. The fraction of sp³-hybridized carbons (Fsp3) is 0. The molecule has 0 aliphatic carbocycles. The number of carboxylic acids is 1. The monoisotopic (exact) mass is 233 g/mol. The van der Waals surface area contributed by atoms with Crippen LogP contribution in [0.2, 0.25) is 0 Å². The Morgan fingerprint density at radius 1 is 1.29 bits per heavy atom. The van der Waals surface area contributed by atoms with Gasteiger partial charge in [-0.15, -0.1) is 0 Å². The highest BCUT2D eigenvalue weighted by molar-refractivity contribution is 5.86. The minimum atomic E-state index is -1.10. The van der Waals surface area contributed by atoms with Crippen molar-refractivity contribution < 1.29 is 14.3 Å². The van der Waals surface area contributed by atoms with Crippen LogP contribution in [0.3, 0.4) is 0 Å². The molecule has 0 radical (unpaired) electrons. The molecule has 2 N–H and O–H groups in total. The molecule has 0 bridgehead atoms. The summed E-state index contributed by atoms with van der Waals surface area (Å²) in [6, 6.07) is 5.80. The molecule has 2 rings (SSSR count). The van der Waals surface area contributed by atoms with E-state index < -0.39 is 5.97 Å². The molecule has 1 heterocycles. The second-order valence-corrected chi connectivity index (χ2v) is 3.24. The van der Waals surface area contributed by atoms with Crippen LogP contribution in [-0.2, 0) is 0 Å². The first-order chi connectivity index (χ1) is 8.15. The number of aromatic carboxylic acids is 1. The number of benzene rings is 1. The molecule has 0 amide bonds. The van der Waals surface area contributed by atoms with E-state index in [0.29, 0.717) is 5.69 Å². The fourth-order valence-electron chi connectivity index (χ4n) is 1.20. The summed E-state index contributed by atoms with van der Waals surface area (Å²) >= 11 is 0. The highest BCUT2D eigenvalue weighted by Crippen LogP contribution is 2.13. The SMILES string of the molecule is O=C(O)c1cnc(Nc2cccc(F)c2)nc1. The molecule has 5 nitrogen and oxygen atoms in total. The molecule has 0 spiro atoms. The lowest BCUT2D eigenvalue weighted by Gasteiger charge is -2.04. The largest absolute Gasteiger partial charge is 0.478 e. The van der Waals surface area contributed by atoms with Gasteiger partial charge < -0.3 is 10.4 Å². The van der Waals surface area contributed by atoms with Crippen molar-refractivity contribution in [3.63, 3.8) is 0 Å². The summed E-state index contributed by atoms with van der Waals surface area (Å²) < 4.78 is 12.9. The Kier molecular flexibility index (Phi) is 2.95. The minimum Gasteiger partial charge on any atom is -0.478 e. The van der Waals surface area contributed by atoms with Crippen molar-refractivity contribution in [2.24, 2.45) is 0 Å². The van der Waals surface area contributed by atoms with Crippen molar-refractivity contribution >= 4 is 17.6 Å². The number of hydrogen-bond acceptors (Lipinski definition) is 4. The van der Waals surface area contributed by atoms with E-state index in [9.17, 15) is 9.18 Å². The molecule has 0 aliphatic rings. The van der Waals surface area contributed by atoms with Crippen LogP contribution in [0.4, 0.5) is 16.0 Å². The Hall–Kier alpha value is -2.50. The molecule has 6 heteroatoms. The minimum absolute atomic E-state index is 0.00482. The third-order valence-electron chi connectivity index (χ3n) is 1.98. The van der Waals surface area contributed by atoms with Gasteiger partial charge in [-0.05, 0) is 18.2 Å². The second-order valence-electron chi connectivity index (χ2n) is 3.24. The predicted molar refractivity (Wildman–Crippen MR) is 58.7 cm³/mol. The van der Waals surface area contributed by atoms with E-state index in [1.54, 1.807) is 12.1 Å². The summed E-state index contributed by atoms with van der Waals surface area (Å²) in [4.78, 5) is 18.2. The van der Waals surface area contributed by atoms with E-state index >= 15 is 0 Å². The Morgan fingerprint density at radius 2 is 2.00 bits per heavy atom. The lowest BCUT2D eigenvalue weighted by atomic mass is 10.3. The van der Waals surface area contributed by atoms with Gasteiger partial charge in [-0.1, -0.05) is 6.07 Å². The van der Waals surface area contributed by atoms with Crippen LogP contribution in [0.5, 0.6) is 0 Å². The fourth-order valence-corrected chi connectivity index (χ4v) is 1.20. The molecule has 1 aromatic carbocycles. The quantitative estimate of drug-likeness (QED) is 0.848.